The van der Waals surface area contributed by atoms with Crippen LogP contribution >= 0.6 is 12.4 Å². The van der Waals surface area contributed by atoms with E-state index in [2.05, 4.69) is 27.8 Å². The summed E-state index contributed by atoms with van der Waals surface area (Å²) in [6.45, 7) is 4.34. The van der Waals surface area contributed by atoms with Gasteiger partial charge >= 0.3 is 0 Å². The Balaban J connectivity index is 0.00000208. The van der Waals surface area contributed by atoms with E-state index in [0.29, 0.717) is 30.3 Å². The molecular formula is C17H23ClN4O2. The number of ether oxygens (including phenoxy) is 1. The Kier molecular flexibility index (Phi) is 6.63. The summed E-state index contributed by atoms with van der Waals surface area (Å²) in [5.74, 6) is 0.481. The van der Waals surface area contributed by atoms with Crippen molar-refractivity contribution in [2.24, 2.45) is 0 Å². The zero-order chi connectivity index (χ0) is 16.1. The molecule has 0 fully saturated rings. The van der Waals surface area contributed by atoms with Crippen molar-refractivity contribution < 1.29 is 9.53 Å². The number of aromatic amines is 1. The van der Waals surface area contributed by atoms with Gasteiger partial charge in [0.1, 0.15) is 5.75 Å². The second kappa shape index (κ2) is 8.70. The van der Waals surface area contributed by atoms with Crippen LogP contribution in [0.4, 0.5) is 5.69 Å². The number of hydrogen-bond acceptors (Lipinski definition) is 4. The number of H-pyrrole nitrogens is 1. The molecule has 24 heavy (non-hydrogen) atoms. The average Bonchev–Trinajstić information content (AvgIpc) is 3.01. The van der Waals surface area contributed by atoms with Crippen LogP contribution in [0.3, 0.4) is 0 Å². The molecule has 1 aliphatic heterocycles. The van der Waals surface area contributed by atoms with Crippen molar-refractivity contribution in [2.75, 3.05) is 18.5 Å². The van der Waals surface area contributed by atoms with Crippen LogP contribution < -0.4 is 15.4 Å². The number of nitrogens with zero attached hydrogens (tertiary/aromatic N) is 1. The molecule has 3 rings (SSSR count). The molecule has 0 aliphatic carbocycles. The molecule has 1 aromatic carbocycles. The van der Waals surface area contributed by atoms with Gasteiger partial charge in [-0.15, -0.1) is 12.4 Å². The number of unbranched alkanes of at least 4 members (excludes halogenated alkanes) is 1. The molecule has 6 nitrogen and oxygen atoms in total. The van der Waals surface area contributed by atoms with E-state index in [1.165, 1.54) is 0 Å². The van der Waals surface area contributed by atoms with Crippen molar-refractivity contribution in [3.05, 3.63) is 41.2 Å². The molecule has 3 N–H and O–H groups in total. The number of rotatable bonds is 6. The largest absolute Gasteiger partial charge is 0.491 e. The zero-order valence-electron chi connectivity index (χ0n) is 13.7. The minimum Gasteiger partial charge on any atom is -0.491 e. The summed E-state index contributed by atoms with van der Waals surface area (Å²) < 4.78 is 5.75. The first-order chi connectivity index (χ1) is 11.3. The van der Waals surface area contributed by atoms with Crippen molar-refractivity contribution >= 4 is 24.0 Å². The minimum absolute atomic E-state index is 0. The van der Waals surface area contributed by atoms with Gasteiger partial charge in [-0.3, -0.25) is 9.89 Å². The van der Waals surface area contributed by atoms with E-state index in [1.54, 1.807) is 0 Å². The monoisotopic (exact) mass is 350 g/mol. The predicted molar refractivity (Wildman–Crippen MR) is 96.0 cm³/mol. The lowest BCUT2D eigenvalue weighted by molar-refractivity contribution is 0.102. The van der Waals surface area contributed by atoms with Crippen molar-refractivity contribution in [1.29, 1.82) is 0 Å². The Morgan fingerprint density at radius 3 is 3.04 bits per heavy atom. The number of carbonyl (C=O) groups excluding carboxylic acids is 1. The van der Waals surface area contributed by atoms with Gasteiger partial charge in [0.25, 0.3) is 5.91 Å². The minimum atomic E-state index is -0.210. The fraction of sp³-hybridized carbons (Fsp3) is 0.412. The van der Waals surface area contributed by atoms with Crippen molar-refractivity contribution in [1.82, 2.24) is 15.5 Å². The summed E-state index contributed by atoms with van der Waals surface area (Å²) >= 11 is 0. The molecule has 1 aromatic heterocycles. The van der Waals surface area contributed by atoms with Gasteiger partial charge in [0.2, 0.25) is 0 Å². The van der Waals surface area contributed by atoms with Gasteiger partial charge in [0.15, 0.2) is 5.69 Å². The molecule has 0 atom stereocenters. The van der Waals surface area contributed by atoms with Crippen LogP contribution in [0.25, 0.3) is 0 Å². The van der Waals surface area contributed by atoms with Gasteiger partial charge in [-0.05, 0) is 18.6 Å². The van der Waals surface area contributed by atoms with Gasteiger partial charge < -0.3 is 15.4 Å². The Bertz CT molecular complexity index is 687. The number of para-hydroxylation sites is 2. The number of hydrogen-bond donors (Lipinski definition) is 3. The highest BCUT2D eigenvalue weighted by Gasteiger charge is 2.22. The van der Waals surface area contributed by atoms with Gasteiger partial charge in [0.05, 0.1) is 12.3 Å². The van der Waals surface area contributed by atoms with Crippen LogP contribution in [0.2, 0.25) is 0 Å². The average molecular weight is 351 g/mol. The van der Waals surface area contributed by atoms with Gasteiger partial charge in [0, 0.05) is 30.8 Å². The lowest BCUT2D eigenvalue weighted by Crippen LogP contribution is -2.25. The second-order valence-electron chi connectivity index (χ2n) is 5.61. The molecule has 7 heteroatoms. The molecule has 0 unspecified atom stereocenters. The molecule has 2 heterocycles. The van der Waals surface area contributed by atoms with Crippen LogP contribution in [-0.4, -0.2) is 29.3 Å². The third kappa shape index (κ3) is 4.07. The first-order valence-corrected chi connectivity index (χ1v) is 8.09. The topological polar surface area (TPSA) is 79.0 Å². The number of amides is 1. The number of anilines is 1. The summed E-state index contributed by atoms with van der Waals surface area (Å²) in [6, 6.07) is 7.49. The van der Waals surface area contributed by atoms with Gasteiger partial charge in [-0.2, -0.15) is 5.10 Å². The standard InChI is InChI=1S/C17H22N4O2.ClH/c1-2-3-10-23-15-7-5-4-6-14(15)19-17(22)16-12-11-18-9-8-13(12)20-21-16;/h4-7,18H,2-3,8-11H2,1H3,(H,19,22)(H,20,21);1H. The van der Waals surface area contributed by atoms with Crippen molar-refractivity contribution in [2.45, 2.75) is 32.7 Å². The van der Waals surface area contributed by atoms with E-state index in [-0.39, 0.29) is 18.3 Å². The summed E-state index contributed by atoms with van der Waals surface area (Å²) in [5, 5.41) is 13.3. The molecule has 0 radical (unpaired) electrons. The van der Waals surface area contributed by atoms with E-state index in [0.717, 1.165) is 37.1 Å². The number of benzene rings is 1. The van der Waals surface area contributed by atoms with Crippen LogP contribution in [0, 0.1) is 0 Å². The van der Waals surface area contributed by atoms with Crippen LogP contribution in [0.5, 0.6) is 5.75 Å². The van der Waals surface area contributed by atoms with Gasteiger partial charge in [-0.25, -0.2) is 0 Å². The first-order valence-electron chi connectivity index (χ1n) is 8.09. The van der Waals surface area contributed by atoms with Crippen molar-refractivity contribution in [3.8, 4) is 5.75 Å². The fourth-order valence-corrected chi connectivity index (χ4v) is 2.62. The summed E-state index contributed by atoms with van der Waals surface area (Å²) in [6.07, 6.45) is 2.92. The number of nitrogens with one attached hydrogen (secondary N) is 3. The second-order valence-corrected chi connectivity index (χ2v) is 5.61. The maximum absolute atomic E-state index is 12.6. The van der Waals surface area contributed by atoms with Crippen molar-refractivity contribution in [3.63, 3.8) is 0 Å². The Hall–Kier alpha value is -2.05. The smallest absolute Gasteiger partial charge is 0.276 e. The van der Waals surface area contributed by atoms with E-state index < -0.39 is 0 Å². The molecular weight excluding hydrogens is 328 g/mol. The maximum Gasteiger partial charge on any atom is 0.276 e. The zero-order valence-corrected chi connectivity index (χ0v) is 14.5. The van der Waals surface area contributed by atoms with E-state index in [9.17, 15) is 4.79 Å². The lowest BCUT2D eigenvalue weighted by Gasteiger charge is -2.14. The highest BCUT2D eigenvalue weighted by Crippen LogP contribution is 2.25. The molecule has 0 saturated heterocycles. The predicted octanol–water partition coefficient (Wildman–Crippen LogP) is 2.91. The third-order valence-electron chi connectivity index (χ3n) is 3.91. The molecule has 1 aliphatic rings. The normalized spacial score (nSPS) is 12.9. The Morgan fingerprint density at radius 1 is 1.38 bits per heavy atom. The van der Waals surface area contributed by atoms with Gasteiger partial charge in [-0.1, -0.05) is 25.5 Å². The highest BCUT2D eigenvalue weighted by molar-refractivity contribution is 6.04. The molecule has 0 saturated carbocycles. The number of halogens is 1. The molecule has 130 valence electrons. The maximum atomic E-state index is 12.6. The molecule has 0 spiro atoms. The van der Waals surface area contributed by atoms with Crippen LogP contribution in [0.15, 0.2) is 24.3 Å². The SMILES string of the molecule is CCCCOc1ccccc1NC(=O)c1n[nH]c2c1CNCC2.Cl. The number of aromatic nitrogens is 2. The fourth-order valence-electron chi connectivity index (χ4n) is 2.62. The summed E-state index contributed by atoms with van der Waals surface area (Å²) in [7, 11) is 0. The van der Waals surface area contributed by atoms with Crippen LogP contribution in [-0.2, 0) is 13.0 Å². The quantitative estimate of drug-likeness (QED) is 0.700. The summed E-state index contributed by atoms with van der Waals surface area (Å²) in [5.41, 5.74) is 3.13. The first kappa shape index (κ1) is 18.3. The Labute approximate surface area is 147 Å². The number of carbonyl (C=O) groups is 1. The molecule has 1 amide bonds. The number of fused-ring (bicyclic) bond motifs is 1. The molecule has 0 bridgehead atoms. The van der Waals surface area contributed by atoms with E-state index in [1.807, 2.05) is 24.3 Å². The summed E-state index contributed by atoms with van der Waals surface area (Å²) in [4.78, 5) is 12.6. The van der Waals surface area contributed by atoms with E-state index >= 15 is 0 Å². The highest BCUT2D eigenvalue weighted by atomic mass is 35.5. The molecule has 2 aromatic rings. The van der Waals surface area contributed by atoms with E-state index in [4.69, 9.17) is 4.74 Å². The Morgan fingerprint density at radius 2 is 2.21 bits per heavy atom. The third-order valence-corrected chi connectivity index (χ3v) is 3.91. The van der Waals surface area contributed by atoms with Crippen LogP contribution in [0.1, 0.15) is 41.5 Å². The lowest BCUT2D eigenvalue weighted by atomic mass is 10.1.